The summed E-state index contributed by atoms with van der Waals surface area (Å²) >= 11 is 5.83. The number of hydrogen-bond acceptors (Lipinski definition) is 3. The van der Waals surface area contributed by atoms with Crippen LogP contribution in [0.25, 0.3) is 0 Å². The number of halogens is 2. The van der Waals surface area contributed by atoms with Crippen molar-refractivity contribution in [2.24, 2.45) is 5.73 Å². The van der Waals surface area contributed by atoms with E-state index in [9.17, 15) is 9.59 Å². The van der Waals surface area contributed by atoms with Crippen LogP contribution < -0.4 is 5.73 Å². The van der Waals surface area contributed by atoms with E-state index in [1.807, 2.05) is 12.1 Å². The number of nitrogens with zero attached hydrogens (tertiary/aromatic N) is 2. The van der Waals surface area contributed by atoms with Gasteiger partial charge in [0, 0.05) is 24.7 Å². The molecule has 21 heavy (non-hydrogen) atoms. The van der Waals surface area contributed by atoms with Gasteiger partial charge in [0.1, 0.15) is 0 Å². The van der Waals surface area contributed by atoms with Crippen LogP contribution in [0.4, 0.5) is 0 Å². The van der Waals surface area contributed by atoms with Crippen LogP contribution in [0.5, 0.6) is 0 Å². The third-order valence-corrected chi connectivity index (χ3v) is 3.56. The number of amides is 2. The zero-order valence-electron chi connectivity index (χ0n) is 11.8. The normalized spacial score (nSPS) is 16.4. The predicted octanol–water partition coefficient (Wildman–Crippen LogP) is 1.28. The first-order valence-corrected chi connectivity index (χ1v) is 6.92. The van der Waals surface area contributed by atoms with Crippen LogP contribution in [0.3, 0.4) is 0 Å². The second-order valence-electron chi connectivity index (χ2n) is 4.99. The number of benzene rings is 1. The Balaban J connectivity index is 0.00000220. The Bertz CT molecular complexity index is 505. The van der Waals surface area contributed by atoms with Gasteiger partial charge in [-0.2, -0.15) is 0 Å². The van der Waals surface area contributed by atoms with E-state index in [-0.39, 0.29) is 30.8 Å². The number of hydrogen-bond donors (Lipinski definition) is 1. The molecule has 1 aromatic rings. The maximum atomic E-state index is 12.1. The second kappa shape index (κ2) is 7.64. The molecule has 2 rings (SSSR count). The maximum absolute atomic E-state index is 12.1. The lowest BCUT2D eigenvalue weighted by molar-refractivity contribution is -0.146. The van der Waals surface area contributed by atoms with Gasteiger partial charge in [0.25, 0.3) is 0 Å². The summed E-state index contributed by atoms with van der Waals surface area (Å²) in [6, 6.07) is 6.84. The quantitative estimate of drug-likeness (QED) is 0.907. The smallest absolute Gasteiger partial charge is 0.242 e. The van der Waals surface area contributed by atoms with Crippen LogP contribution in [0.1, 0.15) is 12.5 Å². The minimum absolute atomic E-state index is 0. The zero-order chi connectivity index (χ0) is 14.7. The van der Waals surface area contributed by atoms with Crippen LogP contribution >= 0.6 is 24.0 Å². The van der Waals surface area contributed by atoms with Crippen molar-refractivity contribution >= 4 is 35.8 Å². The number of piperazine rings is 1. The minimum atomic E-state index is -0.564. The van der Waals surface area contributed by atoms with Gasteiger partial charge in [0.15, 0.2) is 0 Å². The zero-order valence-corrected chi connectivity index (χ0v) is 13.4. The average Bonchev–Trinajstić information content (AvgIpc) is 2.42. The molecule has 1 aromatic carbocycles. The topological polar surface area (TPSA) is 66.6 Å². The minimum Gasteiger partial charge on any atom is -0.335 e. The first-order valence-electron chi connectivity index (χ1n) is 6.54. The number of carbonyl (C=O) groups is 2. The highest BCUT2D eigenvalue weighted by Gasteiger charge is 2.28. The molecule has 0 bridgehead atoms. The lowest BCUT2D eigenvalue weighted by Gasteiger charge is -2.35. The van der Waals surface area contributed by atoms with Crippen LogP contribution in [-0.2, 0) is 16.1 Å². The molecular weight excluding hydrogens is 313 g/mol. The average molecular weight is 332 g/mol. The lowest BCUT2D eigenvalue weighted by atomic mass is 10.2. The molecule has 1 saturated heterocycles. The molecule has 0 aromatic heterocycles. The summed E-state index contributed by atoms with van der Waals surface area (Å²) in [5.41, 5.74) is 6.58. The molecule has 1 aliphatic heterocycles. The van der Waals surface area contributed by atoms with Crippen molar-refractivity contribution < 1.29 is 9.59 Å². The summed E-state index contributed by atoms with van der Waals surface area (Å²) in [5, 5.41) is 0.674. The van der Waals surface area contributed by atoms with Gasteiger partial charge in [0.05, 0.1) is 12.6 Å². The highest BCUT2D eigenvalue weighted by molar-refractivity contribution is 6.30. The summed E-state index contributed by atoms with van der Waals surface area (Å²) in [6.07, 6.45) is 0. The van der Waals surface area contributed by atoms with E-state index in [4.69, 9.17) is 17.3 Å². The summed E-state index contributed by atoms with van der Waals surface area (Å²) < 4.78 is 0. The van der Waals surface area contributed by atoms with E-state index in [2.05, 4.69) is 0 Å². The van der Waals surface area contributed by atoms with Crippen molar-refractivity contribution in [1.82, 2.24) is 9.80 Å². The first kappa shape index (κ1) is 17.8. The van der Waals surface area contributed by atoms with E-state index in [0.29, 0.717) is 24.7 Å². The predicted molar refractivity (Wildman–Crippen MR) is 84.3 cm³/mol. The molecule has 1 aliphatic rings. The van der Waals surface area contributed by atoms with Crippen LogP contribution in [0, 0.1) is 0 Å². The monoisotopic (exact) mass is 331 g/mol. The summed E-state index contributed by atoms with van der Waals surface area (Å²) in [4.78, 5) is 27.1. The molecule has 1 fully saturated rings. The summed E-state index contributed by atoms with van der Waals surface area (Å²) in [7, 11) is 0. The Labute approximate surface area is 135 Å². The fourth-order valence-corrected chi connectivity index (χ4v) is 2.29. The van der Waals surface area contributed by atoms with Gasteiger partial charge in [-0.05, 0) is 24.6 Å². The van der Waals surface area contributed by atoms with Crippen LogP contribution in [0.2, 0.25) is 5.02 Å². The Morgan fingerprint density at radius 3 is 2.48 bits per heavy atom. The van der Waals surface area contributed by atoms with Crippen LogP contribution in [-0.4, -0.2) is 47.3 Å². The van der Waals surface area contributed by atoms with E-state index >= 15 is 0 Å². The summed E-state index contributed by atoms with van der Waals surface area (Å²) in [6.45, 7) is 3.33. The highest BCUT2D eigenvalue weighted by Crippen LogP contribution is 2.13. The Morgan fingerprint density at radius 2 is 1.95 bits per heavy atom. The largest absolute Gasteiger partial charge is 0.335 e. The second-order valence-corrected chi connectivity index (χ2v) is 5.43. The Hall–Kier alpha value is -1.30. The fourth-order valence-electron chi connectivity index (χ4n) is 2.16. The lowest BCUT2D eigenvalue weighted by Crippen LogP contribution is -2.54. The van der Waals surface area contributed by atoms with Crippen LogP contribution in [0.15, 0.2) is 24.3 Å². The Morgan fingerprint density at radius 1 is 1.33 bits per heavy atom. The van der Waals surface area contributed by atoms with Gasteiger partial charge >= 0.3 is 0 Å². The molecular formula is C14H19Cl2N3O2. The van der Waals surface area contributed by atoms with Gasteiger partial charge in [-0.25, -0.2) is 0 Å². The van der Waals surface area contributed by atoms with Gasteiger partial charge in [0.2, 0.25) is 11.8 Å². The highest BCUT2D eigenvalue weighted by atomic mass is 35.5. The third kappa shape index (κ3) is 4.59. The molecule has 0 radical (unpaired) electrons. The van der Waals surface area contributed by atoms with E-state index < -0.39 is 6.04 Å². The van der Waals surface area contributed by atoms with E-state index in [1.54, 1.807) is 24.0 Å². The first-order chi connectivity index (χ1) is 9.47. The molecule has 1 heterocycles. The van der Waals surface area contributed by atoms with Gasteiger partial charge < -0.3 is 15.5 Å². The van der Waals surface area contributed by atoms with Crippen molar-refractivity contribution in [3.8, 4) is 0 Å². The van der Waals surface area contributed by atoms with E-state index in [1.165, 1.54) is 4.90 Å². The van der Waals surface area contributed by atoms with E-state index in [0.717, 1.165) is 5.56 Å². The molecule has 5 nitrogen and oxygen atoms in total. The molecule has 116 valence electrons. The third-order valence-electron chi connectivity index (χ3n) is 3.31. The molecule has 2 N–H and O–H groups in total. The molecule has 0 aliphatic carbocycles. The standard InChI is InChI=1S/C14H18ClN3O2.ClH/c1-10(16)14(20)18-7-6-17(13(19)9-18)8-11-2-4-12(15)5-3-11;/h2-5,10H,6-9,16H2,1H3;1H/t10-;/m1./s1. The van der Waals surface area contributed by atoms with Crippen molar-refractivity contribution in [3.63, 3.8) is 0 Å². The van der Waals surface area contributed by atoms with Crippen molar-refractivity contribution in [2.45, 2.75) is 19.5 Å². The molecule has 2 amide bonds. The number of nitrogens with two attached hydrogens (primary N) is 1. The molecule has 0 spiro atoms. The van der Waals surface area contributed by atoms with Gasteiger partial charge in [-0.3, -0.25) is 9.59 Å². The Kier molecular flexibility index (Phi) is 6.45. The number of carbonyl (C=O) groups excluding carboxylic acids is 2. The number of rotatable bonds is 3. The van der Waals surface area contributed by atoms with Crippen molar-refractivity contribution in [1.29, 1.82) is 0 Å². The molecule has 0 unspecified atom stereocenters. The molecule has 0 saturated carbocycles. The molecule has 1 atom stereocenters. The van der Waals surface area contributed by atoms with Crippen molar-refractivity contribution in [2.75, 3.05) is 19.6 Å². The maximum Gasteiger partial charge on any atom is 0.242 e. The fraction of sp³-hybridized carbons (Fsp3) is 0.429. The van der Waals surface area contributed by atoms with Crippen molar-refractivity contribution in [3.05, 3.63) is 34.9 Å². The summed E-state index contributed by atoms with van der Waals surface area (Å²) in [5.74, 6) is -0.232. The van der Waals surface area contributed by atoms with Gasteiger partial charge in [-0.15, -0.1) is 12.4 Å². The molecule has 7 heteroatoms. The van der Waals surface area contributed by atoms with Gasteiger partial charge in [-0.1, -0.05) is 23.7 Å². The SMILES string of the molecule is C[C@@H](N)C(=O)N1CCN(Cc2ccc(Cl)cc2)C(=O)C1.Cl.